The van der Waals surface area contributed by atoms with Gasteiger partial charge in [0.05, 0.1) is 0 Å². The molecule has 2 aliphatic rings. The summed E-state index contributed by atoms with van der Waals surface area (Å²) in [6.45, 7) is 3.10. The maximum Gasteiger partial charge on any atom is 0.220 e. The molecule has 3 nitrogen and oxygen atoms in total. The number of hydrogen-bond acceptors (Lipinski definition) is 2. The van der Waals surface area contributed by atoms with Crippen LogP contribution in [0.3, 0.4) is 0 Å². The molecule has 3 heteroatoms. The number of Topliss-reactive ketones (excluding diaryl/α,β-unsaturated/α-hetero) is 1. The third-order valence-corrected chi connectivity index (χ3v) is 6.25. The van der Waals surface area contributed by atoms with E-state index in [1.54, 1.807) is 0 Å². The summed E-state index contributed by atoms with van der Waals surface area (Å²) in [7, 11) is 0. The first-order chi connectivity index (χ1) is 15.1. The summed E-state index contributed by atoms with van der Waals surface area (Å²) in [5.41, 5.74) is 3.56. The topological polar surface area (TPSA) is 46.2 Å². The van der Waals surface area contributed by atoms with Crippen LogP contribution in [0.1, 0.15) is 70.3 Å². The zero-order chi connectivity index (χ0) is 21.9. The summed E-state index contributed by atoms with van der Waals surface area (Å²) >= 11 is 0. The Morgan fingerprint density at radius 3 is 2.74 bits per heavy atom. The molecule has 0 spiro atoms. The van der Waals surface area contributed by atoms with Crippen LogP contribution >= 0.6 is 0 Å². The number of unbranched alkanes of at least 4 members (excludes halogenated alkanes) is 1. The lowest BCUT2D eigenvalue weighted by atomic mass is 9.99. The van der Waals surface area contributed by atoms with Crippen LogP contribution in [0.4, 0.5) is 0 Å². The van der Waals surface area contributed by atoms with Crippen molar-refractivity contribution in [2.45, 2.75) is 71.1 Å². The van der Waals surface area contributed by atoms with E-state index in [1.807, 2.05) is 0 Å². The SMILES string of the molecule is C[C@H](/C=C/C1=C(C/C=C\CCCC(=O)NCC2CC2)C(=O)CC1)CCc1ccccc1. The Balaban J connectivity index is 1.38. The average molecular weight is 420 g/mol. The van der Waals surface area contributed by atoms with Crippen LogP contribution in [-0.4, -0.2) is 18.2 Å². The standard InChI is InChI=1S/C28H37NO2/c1-22(13-15-23-9-5-4-6-10-23)14-18-25-19-20-27(30)26(25)11-7-2-3-8-12-28(31)29-21-24-16-17-24/h2,4-7,9-10,14,18,22,24H,3,8,11-13,15-17,19-21H2,1H3,(H,29,31)/b7-2-,18-14+/t22-/m0/s1. The van der Waals surface area contributed by atoms with Crippen molar-refractivity contribution in [3.63, 3.8) is 0 Å². The fourth-order valence-electron chi connectivity index (χ4n) is 3.94. The van der Waals surface area contributed by atoms with E-state index in [0.29, 0.717) is 31.0 Å². The van der Waals surface area contributed by atoms with E-state index in [-0.39, 0.29) is 5.91 Å². The van der Waals surface area contributed by atoms with Gasteiger partial charge in [0.2, 0.25) is 5.91 Å². The van der Waals surface area contributed by atoms with Crippen LogP contribution in [0, 0.1) is 11.8 Å². The second-order valence-electron chi connectivity index (χ2n) is 9.10. The monoisotopic (exact) mass is 419 g/mol. The number of hydrogen-bond donors (Lipinski definition) is 1. The van der Waals surface area contributed by atoms with E-state index in [2.05, 4.69) is 66.9 Å². The Morgan fingerprint density at radius 1 is 1.16 bits per heavy atom. The summed E-state index contributed by atoms with van der Waals surface area (Å²) in [4.78, 5) is 24.1. The second kappa shape index (κ2) is 12.4. The number of aryl methyl sites for hydroxylation is 1. The van der Waals surface area contributed by atoms with E-state index in [4.69, 9.17) is 0 Å². The van der Waals surface area contributed by atoms with E-state index in [0.717, 1.165) is 50.1 Å². The molecule has 31 heavy (non-hydrogen) atoms. The summed E-state index contributed by atoms with van der Waals surface area (Å²) in [6, 6.07) is 10.6. The van der Waals surface area contributed by atoms with E-state index < -0.39 is 0 Å². The molecule has 0 heterocycles. The summed E-state index contributed by atoms with van der Waals surface area (Å²) in [5.74, 6) is 1.69. The number of benzene rings is 1. The van der Waals surface area contributed by atoms with Crippen LogP contribution in [0.5, 0.6) is 0 Å². The smallest absolute Gasteiger partial charge is 0.220 e. The van der Waals surface area contributed by atoms with Gasteiger partial charge in [0.15, 0.2) is 5.78 Å². The Labute approximate surface area is 187 Å². The molecule has 1 aromatic carbocycles. The second-order valence-corrected chi connectivity index (χ2v) is 9.10. The zero-order valence-corrected chi connectivity index (χ0v) is 18.9. The molecule has 1 amide bonds. The first kappa shape index (κ1) is 23.2. The largest absolute Gasteiger partial charge is 0.356 e. The summed E-state index contributed by atoms with van der Waals surface area (Å²) in [6.07, 6.45) is 18.0. The third kappa shape index (κ3) is 8.69. The lowest BCUT2D eigenvalue weighted by molar-refractivity contribution is -0.121. The molecule has 1 aromatic rings. The molecule has 1 fully saturated rings. The molecule has 1 N–H and O–H groups in total. The fraction of sp³-hybridized carbons (Fsp3) is 0.500. The van der Waals surface area contributed by atoms with Gasteiger partial charge in [0.25, 0.3) is 0 Å². The molecule has 1 saturated carbocycles. The molecule has 0 saturated heterocycles. The highest BCUT2D eigenvalue weighted by molar-refractivity contribution is 5.99. The van der Waals surface area contributed by atoms with Gasteiger partial charge in [-0.1, -0.05) is 61.6 Å². The minimum Gasteiger partial charge on any atom is -0.356 e. The van der Waals surface area contributed by atoms with Crippen molar-refractivity contribution in [1.82, 2.24) is 5.32 Å². The quantitative estimate of drug-likeness (QED) is 0.309. The lowest BCUT2D eigenvalue weighted by Crippen LogP contribution is -2.24. The molecule has 3 rings (SSSR count). The highest BCUT2D eigenvalue weighted by atomic mass is 16.1. The van der Waals surface area contributed by atoms with Gasteiger partial charge >= 0.3 is 0 Å². The van der Waals surface area contributed by atoms with E-state index >= 15 is 0 Å². The lowest BCUT2D eigenvalue weighted by Gasteiger charge is -2.07. The highest BCUT2D eigenvalue weighted by Crippen LogP contribution is 2.28. The first-order valence-electron chi connectivity index (χ1n) is 12.0. The van der Waals surface area contributed by atoms with Gasteiger partial charge in [-0.25, -0.2) is 0 Å². The van der Waals surface area contributed by atoms with E-state index in [9.17, 15) is 9.59 Å². The normalized spacial score (nSPS) is 17.8. The molecule has 0 aromatic heterocycles. The number of carbonyl (C=O) groups is 2. The van der Waals surface area contributed by atoms with Gasteiger partial charge in [0.1, 0.15) is 0 Å². The maximum atomic E-state index is 12.3. The van der Waals surface area contributed by atoms with Crippen molar-refractivity contribution in [3.05, 3.63) is 71.3 Å². The molecule has 1 atom stereocenters. The maximum absolute atomic E-state index is 12.3. The molecular weight excluding hydrogens is 382 g/mol. The molecule has 0 aliphatic heterocycles. The Hall–Kier alpha value is -2.42. The van der Waals surface area contributed by atoms with Crippen LogP contribution in [-0.2, 0) is 16.0 Å². The van der Waals surface area contributed by atoms with Crippen molar-refractivity contribution in [2.24, 2.45) is 11.8 Å². The van der Waals surface area contributed by atoms with Gasteiger partial charge in [0, 0.05) is 25.0 Å². The Morgan fingerprint density at radius 2 is 1.97 bits per heavy atom. The number of nitrogens with one attached hydrogen (secondary N) is 1. The van der Waals surface area contributed by atoms with Crippen molar-refractivity contribution >= 4 is 11.7 Å². The van der Waals surface area contributed by atoms with Crippen molar-refractivity contribution in [3.8, 4) is 0 Å². The molecule has 0 bridgehead atoms. The van der Waals surface area contributed by atoms with Gasteiger partial charge in [-0.05, 0) is 74.3 Å². The number of ketones is 1. The van der Waals surface area contributed by atoms with Gasteiger partial charge < -0.3 is 5.32 Å². The Kier molecular flexibility index (Phi) is 9.33. The third-order valence-electron chi connectivity index (χ3n) is 6.25. The molecule has 2 aliphatic carbocycles. The first-order valence-corrected chi connectivity index (χ1v) is 12.0. The van der Waals surface area contributed by atoms with Gasteiger partial charge in [-0.2, -0.15) is 0 Å². The van der Waals surface area contributed by atoms with Crippen LogP contribution in [0.25, 0.3) is 0 Å². The van der Waals surface area contributed by atoms with Crippen LogP contribution in [0.2, 0.25) is 0 Å². The number of allylic oxidation sites excluding steroid dienone is 6. The predicted molar refractivity (Wildman–Crippen MR) is 128 cm³/mol. The number of rotatable bonds is 13. The summed E-state index contributed by atoms with van der Waals surface area (Å²) in [5, 5.41) is 3.01. The van der Waals surface area contributed by atoms with Gasteiger partial charge in [-0.15, -0.1) is 0 Å². The van der Waals surface area contributed by atoms with E-state index in [1.165, 1.54) is 24.0 Å². The minimum atomic E-state index is 0.169. The van der Waals surface area contributed by atoms with Gasteiger partial charge in [-0.3, -0.25) is 9.59 Å². The Bertz CT molecular complexity index is 815. The van der Waals surface area contributed by atoms with Crippen molar-refractivity contribution in [1.29, 1.82) is 0 Å². The average Bonchev–Trinajstić information content (AvgIpc) is 3.55. The molecule has 0 radical (unpaired) electrons. The number of amides is 1. The summed E-state index contributed by atoms with van der Waals surface area (Å²) < 4.78 is 0. The predicted octanol–water partition coefficient (Wildman–Crippen LogP) is 6.11. The number of carbonyl (C=O) groups excluding carboxylic acids is 2. The molecule has 166 valence electrons. The highest BCUT2D eigenvalue weighted by Gasteiger charge is 2.21. The fourth-order valence-corrected chi connectivity index (χ4v) is 3.94. The van der Waals surface area contributed by atoms with Crippen LogP contribution < -0.4 is 5.32 Å². The van der Waals surface area contributed by atoms with Crippen LogP contribution in [0.15, 0.2) is 65.8 Å². The van der Waals surface area contributed by atoms with Crippen molar-refractivity contribution < 1.29 is 9.59 Å². The van der Waals surface area contributed by atoms with Crippen molar-refractivity contribution in [2.75, 3.05) is 6.54 Å². The molecular formula is C28H37NO2. The minimum absolute atomic E-state index is 0.169. The molecule has 0 unspecified atom stereocenters. The zero-order valence-electron chi connectivity index (χ0n) is 18.9.